The van der Waals surface area contributed by atoms with E-state index in [0.717, 1.165) is 0 Å². The first-order chi connectivity index (χ1) is 10.4. The topological polar surface area (TPSA) is 88.8 Å². The lowest BCUT2D eigenvalue weighted by Crippen LogP contribution is -2.26. The fourth-order valence-electron chi connectivity index (χ4n) is 1.86. The highest BCUT2D eigenvalue weighted by molar-refractivity contribution is 7.89. The van der Waals surface area contributed by atoms with Crippen LogP contribution in [0.3, 0.4) is 0 Å². The molecule has 0 aliphatic carbocycles. The van der Waals surface area contributed by atoms with Gasteiger partial charge in [0.1, 0.15) is 5.75 Å². The quantitative estimate of drug-likeness (QED) is 0.804. The first-order valence-electron chi connectivity index (χ1n) is 6.47. The van der Waals surface area contributed by atoms with Crippen LogP contribution in [0.4, 0.5) is 0 Å². The van der Waals surface area contributed by atoms with Gasteiger partial charge in [0.15, 0.2) is 0 Å². The summed E-state index contributed by atoms with van der Waals surface area (Å²) in [5.41, 5.74) is 0.603. The second-order valence-corrected chi connectivity index (χ2v) is 6.73. The van der Waals surface area contributed by atoms with Crippen LogP contribution in [-0.2, 0) is 10.0 Å². The molecule has 2 aromatic rings. The Hall–Kier alpha value is -1.54. The highest BCUT2D eigenvalue weighted by Gasteiger charge is 2.17. The summed E-state index contributed by atoms with van der Waals surface area (Å²) in [5, 5.41) is 10.1. The Kier molecular flexibility index (Phi) is 5.47. The minimum absolute atomic E-state index is 0.0381. The third kappa shape index (κ3) is 4.01. The van der Waals surface area contributed by atoms with E-state index in [4.69, 9.17) is 20.8 Å². The number of methoxy groups -OCH3 is 1. The molecule has 6 nitrogen and oxygen atoms in total. The fourth-order valence-corrected chi connectivity index (χ4v) is 3.25. The molecule has 8 heteroatoms. The molecule has 1 aromatic carbocycles. The zero-order valence-electron chi connectivity index (χ0n) is 11.8. The molecule has 0 radical (unpaired) electrons. The van der Waals surface area contributed by atoms with Crippen molar-refractivity contribution in [2.45, 2.75) is 17.4 Å². The number of hydrogen-bond acceptors (Lipinski definition) is 5. The van der Waals surface area contributed by atoms with Gasteiger partial charge >= 0.3 is 0 Å². The molecule has 2 rings (SSSR count). The van der Waals surface area contributed by atoms with Crippen molar-refractivity contribution in [1.29, 1.82) is 0 Å². The average Bonchev–Trinajstić information content (AvgIpc) is 3.01. The van der Waals surface area contributed by atoms with Gasteiger partial charge in [-0.15, -0.1) is 0 Å². The van der Waals surface area contributed by atoms with Crippen LogP contribution in [0.1, 0.15) is 18.1 Å². The number of ether oxygens (including phenoxy) is 1. The number of halogens is 1. The largest absolute Gasteiger partial charge is 0.495 e. The molecule has 1 aromatic heterocycles. The van der Waals surface area contributed by atoms with Gasteiger partial charge in [-0.25, -0.2) is 13.1 Å². The summed E-state index contributed by atoms with van der Waals surface area (Å²) in [6.45, 7) is 0.0817. The van der Waals surface area contributed by atoms with Crippen molar-refractivity contribution in [2.24, 2.45) is 0 Å². The van der Waals surface area contributed by atoms with E-state index in [1.54, 1.807) is 6.07 Å². The van der Waals surface area contributed by atoms with Crippen molar-refractivity contribution in [3.05, 3.63) is 47.4 Å². The molecule has 1 atom stereocenters. The highest BCUT2D eigenvalue weighted by atomic mass is 35.5. The first kappa shape index (κ1) is 16.8. The number of aliphatic hydroxyl groups excluding tert-OH is 1. The molecule has 120 valence electrons. The normalized spacial score (nSPS) is 13.0. The van der Waals surface area contributed by atoms with E-state index >= 15 is 0 Å². The maximum atomic E-state index is 12.1. The smallest absolute Gasteiger partial charge is 0.240 e. The predicted molar refractivity (Wildman–Crippen MR) is 81.5 cm³/mol. The number of sulfonamides is 1. The standard InChI is InChI=1S/C14H16ClNO5S/c1-20-14-3-2-11(8-12(14)15)22(18,19)16-6-4-13(17)10-5-7-21-9-10/h2-3,5,7-9,13,16-17H,4,6H2,1H3. The van der Waals surface area contributed by atoms with Gasteiger partial charge in [-0.2, -0.15) is 0 Å². The molecule has 2 N–H and O–H groups in total. The zero-order valence-corrected chi connectivity index (χ0v) is 13.4. The zero-order chi connectivity index (χ0) is 16.2. The number of rotatable bonds is 7. The Morgan fingerprint density at radius 2 is 2.18 bits per heavy atom. The van der Waals surface area contributed by atoms with Crippen LogP contribution in [0.2, 0.25) is 5.02 Å². The molecule has 1 unspecified atom stereocenters. The summed E-state index contributed by atoms with van der Waals surface area (Å²) >= 11 is 5.92. The van der Waals surface area contributed by atoms with E-state index in [2.05, 4.69) is 4.72 Å². The van der Waals surface area contributed by atoms with E-state index in [1.165, 1.54) is 37.8 Å². The fraction of sp³-hybridized carbons (Fsp3) is 0.286. The van der Waals surface area contributed by atoms with Crippen LogP contribution < -0.4 is 9.46 Å². The van der Waals surface area contributed by atoms with E-state index in [0.29, 0.717) is 11.3 Å². The molecule has 0 fully saturated rings. The van der Waals surface area contributed by atoms with E-state index < -0.39 is 16.1 Å². The van der Waals surface area contributed by atoms with Crippen molar-refractivity contribution in [3.8, 4) is 5.75 Å². The van der Waals surface area contributed by atoms with Crippen LogP contribution in [0.5, 0.6) is 5.75 Å². The first-order valence-corrected chi connectivity index (χ1v) is 8.33. The molecule has 0 amide bonds. The van der Waals surface area contributed by atoms with Crippen molar-refractivity contribution >= 4 is 21.6 Å². The minimum atomic E-state index is -3.70. The number of nitrogens with one attached hydrogen (secondary N) is 1. The van der Waals surface area contributed by atoms with Crippen molar-refractivity contribution < 1.29 is 22.7 Å². The predicted octanol–water partition coefficient (Wildman–Crippen LogP) is 2.34. The van der Waals surface area contributed by atoms with Crippen LogP contribution >= 0.6 is 11.6 Å². The van der Waals surface area contributed by atoms with Crippen LogP contribution in [0.25, 0.3) is 0 Å². The molecule has 0 saturated heterocycles. The number of hydrogen-bond donors (Lipinski definition) is 2. The Balaban J connectivity index is 1.98. The van der Waals surface area contributed by atoms with Crippen molar-refractivity contribution in [3.63, 3.8) is 0 Å². The third-order valence-electron chi connectivity index (χ3n) is 3.07. The summed E-state index contributed by atoms with van der Waals surface area (Å²) in [6.07, 6.45) is 2.30. The SMILES string of the molecule is COc1ccc(S(=O)(=O)NCCC(O)c2ccoc2)cc1Cl. The lowest BCUT2D eigenvalue weighted by Gasteiger charge is -2.11. The third-order valence-corrected chi connectivity index (χ3v) is 4.83. The molecular formula is C14H16ClNO5S. The molecule has 1 heterocycles. The van der Waals surface area contributed by atoms with E-state index in [-0.39, 0.29) is 22.9 Å². The van der Waals surface area contributed by atoms with Gasteiger partial charge in [0.2, 0.25) is 10.0 Å². The van der Waals surface area contributed by atoms with Gasteiger partial charge in [0.05, 0.1) is 35.7 Å². The number of furan rings is 1. The Bertz CT molecular complexity index is 715. The lowest BCUT2D eigenvalue weighted by atomic mass is 10.1. The lowest BCUT2D eigenvalue weighted by molar-refractivity contribution is 0.168. The van der Waals surface area contributed by atoms with Crippen molar-refractivity contribution in [2.75, 3.05) is 13.7 Å². The Morgan fingerprint density at radius 1 is 1.41 bits per heavy atom. The molecule has 0 aliphatic rings. The molecule has 0 bridgehead atoms. The average molecular weight is 346 g/mol. The van der Waals surface area contributed by atoms with Crippen LogP contribution in [-0.4, -0.2) is 27.2 Å². The maximum absolute atomic E-state index is 12.1. The van der Waals surface area contributed by atoms with Gasteiger partial charge in [0, 0.05) is 12.1 Å². The second kappa shape index (κ2) is 7.15. The van der Waals surface area contributed by atoms with Crippen LogP contribution in [0, 0.1) is 0 Å². The minimum Gasteiger partial charge on any atom is -0.495 e. The van der Waals surface area contributed by atoms with Crippen molar-refractivity contribution in [1.82, 2.24) is 4.72 Å². The Morgan fingerprint density at radius 3 is 2.77 bits per heavy atom. The summed E-state index contributed by atoms with van der Waals surface area (Å²) in [4.78, 5) is 0.0381. The summed E-state index contributed by atoms with van der Waals surface area (Å²) in [6, 6.07) is 5.83. The van der Waals surface area contributed by atoms with Gasteiger partial charge in [-0.3, -0.25) is 0 Å². The number of benzene rings is 1. The second-order valence-electron chi connectivity index (χ2n) is 4.56. The summed E-state index contributed by atoms with van der Waals surface area (Å²) in [7, 11) is -2.25. The molecular weight excluding hydrogens is 330 g/mol. The monoisotopic (exact) mass is 345 g/mol. The van der Waals surface area contributed by atoms with E-state index in [1.807, 2.05) is 0 Å². The molecule has 0 aliphatic heterocycles. The molecule has 0 saturated carbocycles. The van der Waals surface area contributed by atoms with Gasteiger partial charge < -0.3 is 14.3 Å². The van der Waals surface area contributed by atoms with Gasteiger partial charge in [0.25, 0.3) is 0 Å². The maximum Gasteiger partial charge on any atom is 0.240 e. The van der Waals surface area contributed by atoms with Gasteiger partial charge in [-0.1, -0.05) is 11.6 Å². The van der Waals surface area contributed by atoms with E-state index in [9.17, 15) is 13.5 Å². The Labute approximate surface area is 133 Å². The van der Waals surface area contributed by atoms with Gasteiger partial charge in [-0.05, 0) is 30.7 Å². The highest BCUT2D eigenvalue weighted by Crippen LogP contribution is 2.26. The summed E-state index contributed by atoms with van der Waals surface area (Å²) < 4.78 is 36.5. The van der Waals surface area contributed by atoms with Crippen LogP contribution in [0.15, 0.2) is 46.1 Å². The number of aliphatic hydroxyl groups is 1. The molecule has 22 heavy (non-hydrogen) atoms. The summed E-state index contributed by atoms with van der Waals surface area (Å²) in [5.74, 6) is 0.399. The molecule has 0 spiro atoms.